The predicted octanol–water partition coefficient (Wildman–Crippen LogP) is 3.23. The Morgan fingerprint density at radius 2 is 2.09 bits per heavy atom. The van der Waals surface area contributed by atoms with Crippen molar-refractivity contribution in [1.29, 1.82) is 0 Å². The molecule has 0 bridgehead atoms. The van der Waals surface area contributed by atoms with E-state index in [0.717, 1.165) is 5.39 Å². The van der Waals surface area contributed by atoms with E-state index in [-0.39, 0.29) is 6.54 Å². The van der Waals surface area contributed by atoms with Crippen molar-refractivity contribution in [1.82, 2.24) is 9.78 Å². The minimum absolute atomic E-state index is 0.221. The first-order chi connectivity index (χ1) is 10.1. The lowest BCUT2D eigenvalue weighted by Crippen LogP contribution is -2.27. The van der Waals surface area contributed by atoms with Crippen molar-refractivity contribution in [3.8, 4) is 0 Å². The molecule has 0 aliphatic heterocycles. The molecule has 0 unspecified atom stereocenters. The Bertz CT molecular complexity index is 733. The molecule has 1 amide bonds. The molecule has 0 aliphatic carbocycles. The van der Waals surface area contributed by atoms with E-state index in [2.05, 4.69) is 26.3 Å². The maximum atomic E-state index is 11.8. The lowest BCUT2D eigenvalue weighted by Gasteiger charge is -2.20. The Hall–Kier alpha value is -2.09. The third-order valence-corrected chi connectivity index (χ3v) is 3.23. The number of nitrogens with one attached hydrogen (secondary N) is 1. The van der Waals surface area contributed by atoms with Crippen LogP contribution in [0.3, 0.4) is 0 Å². The van der Waals surface area contributed by atoms with Gasteiger partial charge in [-0.05, 0) is 48.8 Å². The lowest BCUT2D eigenvalue weighted by atomic mass is 10.2. The van der Waals surface area contributed by atoms with Gasteiger partial charge in [0.2, 0.25) is 0 Å². The van der Waals surface area contributed by atoms with Gasteiger partial charge < -0.3 is 9.84 Å². The highest BCUT2D eigenvalue weighted by Crippen LogP contribution is 2.28. The van der Waals surface area contributed by atoms with Gasteiger partial charge in [0.15, 0.2) is 0 Å². The zero-order valence-electron chi connectivity index (χ0n) is 12.4. The summed E-state index contributed by atoms with van der Waals surface area (Å²) in [4.78, 5) is 22.5. The maximum Gasteiger partial charge on any atom is 0.412 e. The van der Waals surface area contributed by atoms with Crippen molar-refractivity contribution >= 4 is 44.6 Å². The first-order valence-electron chi connectivity index (χ1n) is 6.52. The van der Waals surface area contributed by atoms with Crippen LogP contribution in [0.4, 0.5) is 10.5 Å². The van der Waals surface area contributed by atoms with Gasteiger partial charge in [-0.3, -0.25) is 14.8 Å². The van der Waals surface area contributed by atoms with Crippen LogP contribution in [0.25, 0.3) is 10.9 Å². The van der Waals surface area contributed by atoms with Crippen LogP contribution in [0.1, 0.15) is 20.8 Å². The van der Waals surface area contributed by atoms with Gasteiger partial charge in [-0.1, -0.05) is 0 Å². The van der Waals surface area contributed by atoms with E-state index in [1.807, 2.05) is 0 Å². The number of carboxylic acid groups (broad SMARTS) is 1. The van der Waals surface area contributed by atoms with Crippen molar-refractivity contribution in [3.05, 3.63) is 22.8 Å². The van der Waals surface area contributed by atoms with Gasteiger partial charge in [0.25, 0.3) is 0 Å². The van der Waals surface area contributed by atoms with E-state index in [1.54, 1.807) is 39.1 Å². The minimum atomic E-state index is -0.973. The van der Waals surface area contributed by atoms with Crippen molar-refractivity contribution < 1.29 is 19.4 Å². The predicted molar refractivity (Wildman–Crippen MR) is 84.9 cm³/mol. The molecular weight excluding hydrogens is 354 g/mol. The first kappa shape index (κ1) is 16.3. The number of rotatable bonds is 3. The summed E-state index contributed by atoms with van der Waals surface area (Å²) in [5, 5.41) is 16.3. The molecule has 7 nitrogen and oxygen atoms in total. The van der Waals surface area contributed by atoms with E-state index in [0.29, 0.717) is 15.7 Å². The molecule has 1 heterocycles. The molecule has 1 aromatic carbocycles. The van der Waals surface area contributed by atoms with E-state index in [1.165, 1.54) is 4.68 Å². The summed E-state index contributed by atoms with van der Waals surface area (Å²) in [6.07, 6.45) is 1.04. The van der Waals surface area contributed by atoms with Gasteiger partial charge in [0.1, 0.15) is 12.1 Å². The number of hydrogen-bond acceptors (Lipinski definition) is 4. The number of carbonyl (C=O) groups excluding carboxylic acids is 1. The summed E-state index contributed by atoms with van der Waals surface area (Å²) in [7, 11) is 0. The molecule has 8 heteroatoms. The van der Waals surface area contributed by atoms with E-state index >= 15 is 0 Å². The molecule has 0 saturated carbocycles. The van der Waals surface area contributed by atoms with Crippen LogP contribution in [-0.2, 0) is 16.1 Å². The highest BCUT2D eigenvalue weighted by atomic mass is 79.9. The number of amides is 1. The molecule has 2 N–H and O–H groups in total. The molecule has 0 saturated heterocycles. The van der Waals surface area contributed by atoms with Crippen LogP contribution in [0, 0.1) is 0 Å². The Morgan fingerprint density at radius 3 is 2.68 bits per heavy atom. The lowest BCUT2D eigenvalue weighted by molar-refractivity contribution is -0.137. The van der Waals surface area contributed by atoms with Gasteiger partial charge >= 0.3 is 12.1 Å². The molecule has 22 heavy (non-hydrogen) atoms. The molecule has 1 aromatic heterocycles. The Balaban J connectivity index is 2.25. The number of nitrogens with zero attached hydrogens (tertiary/aromatic N) is 2. The summed E-state index contributed by atoms with van der Waals surface area (Å²) in [6.45, 7) is 5.11. The number of benzene rings is 1. The van der Waals surface area contributed by atoms with Crippen LogP contribution in [-0.4, -0.2) is 32.6 Å². The number of ether oxygens (including phenoxy) is 1. The molecular formula is C14H16BrN3O4. The van der Waals surface area contributed by atoms with Crippen LogP contribution in [0.5, 0.6) is 0 Å². The van der Waals surface area contributed by atoms with Gasteiger partial charge in [0, 0.05) is 16.1 Å². The number of aliphatic carboxylic acids is 1. The SMILES string of the molecule is CC(C)(C)OC(=O)Nc1cc2cn(CC(=O)O)nc2cc1Br. The minimum Gasteiger partial charge on any atom is -0.480 e. The fourth-order valence-corrected chi connectivity index (χ4v) is 2.26. The maximum absolute atomic E-state index is 11.8. The number of carboxylic acids is 1. The normalized spacial score (nSPS) is 11.5. The monoisotopic (exact) mass is 369 g/mol. The largest absolute Gasteiger partial charge is 0.480 e. The van der Waals surface area contributed by atoms with Gasteiger partial charge in [-0.25, -0.2) is 4.79 Å². The summed E-state index contributed by atoms with van der Waals surface area (Å²) in [5.41, 5.74) is 0.562. The summed E-state index contributed by atoms with van der Waals surface area (Å²) in [5.74, 6) is -0.973. The number of carbonyl (C=O) groups is 2. The van der Waals surface area contributed by atoms with Crippen LogP contribution in [0.15, 0.2) is 22.8 Å². The van der Waals surface area contributed by atoms with Crippen LogP contribution in [0.2, 0.25) is 0 Å². The molecule has 2 aromatic rings. The molecule has 2 rings (SSSR count). The van der Waals surface area contributed by atoms with Crippen LogP contribution >= 0.6 is 15.9 Å². The number of aromatic nitrogens is 2. The topological polar surface area (TPSA) is 93.5 Å². The fourth-order valence-electron chi connectivity index (χ4n) is 1.83. The molecule has 0 radical (unpaired) electrons. The zero-order valence-corrected chi connectivity index (χ0v) is 14.0. The van der Waals surface area contributed by atoms with E-state index in [4.69, 9.17) is 9.84 Å². The molecule has 0 spiro atoms. The molecule has 118 valence electrons. The van der Waals surface area contributed by atoms with Crippen molar-refractivity contribution in [3.63, 3.8) is 0 Å². The first-order valence-corrected chi connectivity index (χ1v) is 7.32. The molecule has 0 fully saturated rings. The van der Waals surface area contributed by atoms with Crippen molar-refractivity contribution in [2.45, 2.75) is 32.9 Å². The Morgan fingerprint density at radius 1 is 1.41 bits per heavy atom. The van der Waals surface area contributed by atoms with Crippen molar-refractivity contribution in [2.24, 2.45) is 0 Å². The highest BCUT2D eigenvalue weighted by molar-refractivity contribution is 9.10. The number of hydrogen-bond donors (Lipinski definition) is 2. The van der Waals surface area contributed by atoms with Crippen molar-refractivity contribution in [2.75, 3.05) is 5.32 Å². The van der Waals surface area contributed by atoms with Gasteiger partial charge in [-0.2, -0.15) is 5.10 Å². The van der Waals surface area contributed by atoms with Gasteiger partial charge in [0.05, 0.1) is 11.2 Å². The fraction of sp³-hybridized carbons (Fsp3) is 0.357. The summed E-state index contributed by atoms with van der Waals surface area (Å²) in [6, 6.07) is 3.41. The second-order valence-electron chi connectivity index (χ2n) is 5.74. The average molecular weight is 370 g/mol. The molecule has 0 aliphatic rings. The molecule has 0 atom stereocenters. The zero-order chi connectivity index (χ0) is 16.5. The van der Waals surface area contributed by atoms with Gasteiger partial charge in [-0.15, -0.1) is 0 Å². The smallest absolute Gasteiger partial charge is 0.412 e. The standard InChI is InChI=1S/C14H16BrN3O4/c1-14(2,3)22-13(21)16-11-4-8-6-18(7-12(19)20)17-10(8)5-9(11)15/h4-6H,7H2,1-3H3,(H,16,21)(H,19,20). The second-order valence-corrected chi connectivity index (χ2v) is 6.59. The van der Waals surface area contributed by atoms with Crippen LogP contribution < -0.4 is 5.32 Å². The average Bonchev–Trinajstić information content (AvgIpc) is 2.67. The quantitative estimate of drug-likeness (QED) is 0.865. The Labute approximate surface area is 135 Å². The van der Waals surface area contributed by atoms with E-state index < -0.39 is 17.7 Å². The summed E-state index contributed by atoms with van der Waals surface area (Å²) < 4.78 is 7.16. The highest BCUT2D eigenvalue weighted by Gasteiger charge is 2.17. The Kier molecular flexibility index (Phi) is 4.41. The number of halogens is 1. The summed E-state index contributed by atoms with van der Waals surface area (Å²) >= 11 is 3.35. The second kappa shape index (κ2) is 5.96. The third kappa shape index (κ3) is 4.20. The van der Waals surface area contributed by atoms with E-state index in [9.17, 15) is 9.59 Å². The third-order valence-electron chi connectivity index (χ3n) is 2.57. The number of anilines is 1. The number of fused-ring (bicyclic) bond motifs is 1.